The van der Waals surface area contributed by atoms with Crippen LogP contribution in [0.1, 0.15) is 29.8 Å². The maximum Gasteiger partial charge on any atom is 0.374 e. The lowest BCUT2D eigenvalue weighted by molar-refractivity contribution is 0.0396. The number of hydrogen-bond donors (Lipinski definition) is 0. The standard InChI is InChI=1S/C12H14O3/c13-12(11-7-4-8-14-11)15-9-10-5-2-1-3-6-10/h1-2,4,7-8,10H,3,5-6,9H2. The molecule has 1 aliphatic rings. The molecule has 0 saturated heterocycles. The molecule has 3 nitrogen and oxygen atoms in total. The van der Waals surface area contributed by atoms with Crippen molar-refractivity contribution in [2.24, 2.45) is 5.92 Å². The van der Waals surface area contributed by atoms with Crippen molar-refractivity contribution in [2.75, 3.05) is 6.61 Å². The summed E-state index contributed by atoms with van der Waals surface area (Å²) < 4.78 is 10.1. The Labute approximate surface area is 88.7 Å². The molecule has 0 aromatic carbocycles. The molecular formula is C12H14O3. The third kappa shape index (κ3) is 2.72. The molecule has 3 heteroatoms. The van der Waals surface area contributed by atoms with E-state index in [4.69, 9.17) is 9.15 Å². The fraction of sp³-hybridized carbons (Fsp3) is 0.417. The Hall–Kier alpha value is -1.51. The Morgan fingerprint density at radius 2 is 2.47 bits per heavy atom. The van der Waals surface area contributed by atoms with Gasteiger partial charge < -0.3 is 9.15 Å². The molecule has 2 rings (SSSR count). The summed E-state index contributed by atoms with van der Waals surface area (Å²) in [4.78, 5) is 11.4. The van der Waals surface area contributed by atoms with Gasteiger partial charge in [0.15, 0.2) is 0 Å². The monoisotopic (exact) mass is 206 g/mol. The molecule has 1 heterocycles. The maximum absolute atomic E-state index is 11.4. The van der Waals surface area contributed by atoms with Gasteiger partial charge >= 0.3 is 5.97 Å². The zero-order chi connectivity index (χ0) is 10.5. The van der Waals surface area contributed by atoms with Crippen LogP contribution in [0.3, 0.4) is 0 Å². The van der Waals surface area contributed by atoms with Crippen LogP contribution in [-0.2, 0) is 4.74 Å². The van der Waals surface area contributed by atoms with Crippen LogP contribution in [0.4, 0.5) is 0 Å². The summed E-state index contributed by atoms with van der Waals surface area (Å²) in [5.41, 5.74) is 0. The molecule has 0 amide bonds. The summed E-state index contributed by atoms with van der Waals surface area (Å²) in [7, 11) is 0. The Kier molecular flexibility index (Phi) is 3.22. The lowest BCUT2D eigenvalue weighted by Crippen LogP contribution is -2.14. The number of hydrogen-bond acceptors (Lipinski definition) is 3. The predicted octanol–water partition coefficient (Wildman–Crippen LogP) is 2.79. The SMILES string of the molecule is O=C(OCC1CC=CCC1)c1ccco1. The third-order valence-electron chi connectivity index (χ3n) is 2.55. The molecule has 1 unspecified atom stereocenters. The van der Waals surface area contributed by atoms with E-state index in [-0.39, 0.29) is 11.7 Å². The molecule has 0 bridgehead atoms. The lowest BCUT2D eigenvalue weighted by atomic mass is 9.95. The number of carbonyl (C=O) groups is 1. The van der Waals surface area contributed by atoms with E-state index in [1.807, 2.05) is 0 Å². The second kappa shape index (κ2) is 4.82. The summed E-state index contributed by atoms with van der Waals surface area (Å²) in [6, 6.07) is 3.29. The van der Waals surface area contributed by atoms with Crippen LogP contribution in [0.25, 0.3) is 0 Å². The highest BCUT2D eigenvalue weighted by atomic mass is 16.5. The van der Waals surface area contributed by atoms with Gasteiger partial charge in [-0.3, -0.25) is 0 Å². The fourth-order valence-electron chi connectivity index (χ4n) is 1.67. The van der Waals surface area contributed by atoms with Gasteiger partial charge in [-0.25, -0.2) is 4.79 Å². The summed E-state index contributed by atoms with van der Waals surface area (Å²) >= 11 is 0. The van der Waals surface area contributed by atoms with E-state index in [2.05, 4.69) is 12.2 Å². The molecule has 0 fully saturated rings. The van der Waals surface area contributed by atoms with Crippen molar-refractivity contribution < 1.29 is 13.9 Å². The summed E-state index contributed by atoms with van der Waals surface area (Å²) in [6.07, 6.45) is 8.98. The molecule has 15 heavy (non-hydrogen) atoms. The molecule has 1 atom stereocenters. The molecule has 0 spiro atoms. The molecule has 0 radical (unpaired) electrons. The van der Waals surface area contributed by atoms with Gasteiger partial charge in [-0.05, 0) is 37.3 Å². The van der Waals surface area contributed by atoms with Crippen molar-refractivity contribution in [3.63, 3.8) is 0 Å². The average Bonchev–Trinajstić information content (AvgIpc) is 2.81. The first kappa shape index (κ1) is 10.0. The maximum atomic E-state index is 11.4. The van der Waals surface area contributed by atoms with E-state index in [9.17, 15) is 4.79 Å². The molecule has 0 saturated carbocycles. The van der Waals surface area contributed by atoms with Crippen LogP contribution in [0.2, 0.25) is 0 Å². The van der Waals surface area contributed by atoms with Gasteiger partial charge in [-0.2, -0.15) is 0 Å². The number of rotatable bonds is 3. The first-order chi connectivity index (χ1) is 7.36. The number of allylic oxidation sites excluding steroid dienone is 2. The zero-order valence-corrected chi connectivity index (χ0v) is 8.52. The quantitative estimate of drug-likeness (QED) is 0.564. The largest absolute Gasteiger partial charge is 0.460 e. The highest BCUT2D eigenvalue weighted by Gasteiger charge is 2.15. The van der Waals surface area contributed by atoms with E-state index >= 15 is 0 Å². The second-order valence-corrected chi connectivity index (χ2v) is 3.73. The number of carbonyl (C=O) groups excluding carboxylic acids is 1. The topological polar surface area (TPSA) is 39.4 Å². The van der Waals surface area contributed by atoms with E-state index in [0.717, 1.165) is 19.3 Å². The number of ether oxygens (including phenoxy) is 1. The molecule has 1 aliphatic carbocycles. The van der Waals surface area contributed by atoms with Gasteiger partial charge in [-0.1, -0.05) is 12.2 Å². The third-order valence-corrected chi connectivity index (χ3v) is 2.55. The van der Waals surface area contributed by atoms with Crippen molar-refractivity contribution in [1.29, 1.82) is 0 Å². The summed E-state index contributed by atoms with van der Waals surface area (Å²) in [5, 5.41) is 0. The minimum Gasteiger partial charge on any atom is -0.460 e. The first-order valence-corrected chi connectivity index (χ1v) is 5.22. The van der Waals surface area contributed by atoms with Crippen LogP contribution in [-0.4, -0.2) is 12.6 Å². The van der Waals surface area contributed by atoms with Crippen LogP contribution >= 0.6 is 0 Å². The van der Waals surface area contributed by atoms with Crippen LogP contribution in [0, 0.1) is 5.92 Å². The van der Waals surface area contributed by atoms with Gasteiger partial charge in [0.05, 0.1) is 12.9 Å². The lowest BCUT2D eigenvalue weighted by Gasteiger charge is -2.16. The molecular weight excluding hydrogens is 192 g/mol. The Bertz CT molecular complexity index is 338. The van der Waals surface area contributed by atoms with Gasteiger partial charge in [0.25, 0.3) is 0 Å². The van der Waals surface area contributed by atoms with E-state index in [1.165, 1.54) is 6.26 Å². The smallest absolute Gasteiger partial charge is 0.374 e. The minimum atomic E-state index is -0.366. The van der Waals surface area contributed by atoms with Gasteiger partial charge in [-0.15, -0.1) is 0 Å². The van der Waals surface area contributed by atoms with Crippen molar-refractivity contribution >= 4 is 5.97 Å². The molecule has 0 aliphatic heterocycles. The molecule has 0 N–H and O–H groups in total. The summed E-state index contributed by atoms with van der Waals surface area (Å²) in [5.74, 6) is 0.379. The van der Waals surface area contributed by atoms with Crippen LogP contribution in [0.15, 0.2) is 35.0 Å². The number of esters is 1. The van der Waals surface area contributed by atoms with Crippen LogP contribution in [0.5, 0.6) is 0 Å². The van der Waals surface area contributed by atoms with Crippen molar-refractivity contribution in [1.82, 2.24) is 0 Å². The molecule has 1 aromatic heterocycles. The second-order valence-electron chi connectivity index (χ2n) is 3.73. The minimum absolute atomic E-state index is 0.279. The van der Waals surface area contributed by atoms with Crippen LogP contribution < -0.4 is 0 Å². The highest BCUT2D eigenvalue weighted by molar-refractivity contribution is 5.86. The van der Waals surface area contributed by atoms with E-state index < -0.39 is 0 Å². The Morgan fingerprint density at radius 1 is 1.53 bits per heavy atom. The molecule has 80 valence electrons. The predicted molar refractivity (Wildman–Crippen MR) is 55.5 cm³/mol. The first-order valence-electron chi connectivity index (χ1n) is 5.22. The molecule has 1 aromatic rings. The summed E-state index contributed by atoms with van der Waals surface area (Å²) in [6.45, 7) is 0.490. The fourth-order valence-corrected chi connectivity index (χ4v) is 1.67. The Morgan fingerprint density at radius 3 is 3.13 bits per heavy atom. The highest BCUT2D eigenvalue weighted by Crippen LogP contribution is 2.18. The van der Waals surface area contributed by atoms with E-state index in [1.54, 1.807) is 12.1 Å². The zero-order valence-electron chi connectivity index (χ0n) is 8.52. The number of furan rings is 1. The average molecular weight is 206 g/mol. The van der Waals surface area contributed by atoms with Gasteiger partial charge in [0.1, 0.15) is 0 Å². The van der Waals surface area contributed by atoms with Gasteiger partial charge in [0, 0.05) is 0 Å². The Balaban J connectivity index is 1.78. The normalized spacial score (nSPS) is 20.1. The van der Waals surface area contributed by atoms with Gasteiger partial charge in [0.2, 0.25) is 5.76 Å². The van der Waals surface area contributed by atoms with Crippen molar-refractivity contribution in [2.45, 2.75) is 19.3 Å². The van der Waals surface area contributed by atoms with E-state index in [0.29, 0.717) is 12.5 Å². The van der Waals surface area contributed by atoms with Crippen molar-refractivity contribution in [3.05, 3.63) is 36.3 Å². The van der Waals surface area contributed by atoms with Crippen molar-refractivity contribution in [3.8, 4) is 0 Å².